The van der Waals surface area contributed by atoms with Crippen LogP contribution in [0.25, 0.3) is 11.3 Å². The van der Waals surface area contributed by atoms with Crippen LogP contribution in [0.1, 0.15) is 63.8 Å². The van der Waals surface area contributed by atoms with Gasteiger partial charge in [0.25, 0.3) is 0 Å². The molecule has 0 fully saturated rings. The Bertz CT molecular complexity index is 1100. The zero-order valence-corrected chi connectivity index (χ0v) is 19.9. The maximum absolute atomic E-state index is 5.49. The molecule has 2 aromatic carbocycles. The molecule has 0 radical (unpaired) electrons. The highest BCUT2D eigenvalue weighted by molar-refractivity contribution is 5.81. The molecule has 5 heteroatoms. The second-order valence-electron chi connectivity index (χ2n) is 10.4. The summed E-state index contributed by atoms with van der Waals surface area (Å²) in [5.41, 5.74) is 8.28. The third-order valence-corrected chi connectivity index (χ3v) is 6.03. The zero-order valence-electron chi connectivity index (χ0n) is 19.9. The van der Waals surface area contributed by atoms with E-state index in [1.807, 2.05) is 6.07 Å². The Morgan fingerprint density at radius 3 is 1.97 bits per heavy atom. The number of aromatic amines is 1. The van der Waals surface area contributed by atoms with Gasteiger partial charge in [0.2, 0.25) is 0 Å². The van der Waals surface area contributed by atoms with Crippen LogP contribution in [-0.4, -0.2) is 24.4 Å². The first-order chi connectivity index (χ1) is 14.5. The van der Waals surface area contributed by atoms with Crippen LogP contribution in [0.5, 0.6) is 11.5 Å². The molecule has 0 spiro atoms. The summed E-state index contributed by atoms with van der Waals surface area (Å²) in [6.07, 6.45) is 0.801. The average molecular weight is 420 g/mol. The first-order valence-corrected chi connectivity index (χ1v) is 10.8. The predicted molar refractivity (Wildman–Crippen MR) is 127 cm³/mol. The fourth-order valence-corrected chi connectivity index (χ4v) is 4.05. The quantitative estimate of drug-likeness (QED) is 0.405. The summed E-state index contributed by atoms with van der Waals surface area (Å²) in [6, 6.07) is 10.9. The van der Waals surface area contributed by atoms with E-state index in [9.17, 15) is 0 Å². The lowest BCUT2D eigenvalue weighted by Crippen LogP contribution is -2.17. The highest BCUT2D eigenvalue weighted by Crippen LogP contribution is 2.44. The number of H-pyrrole nitrogens is 1. The Labute approximate surface area is 185 Å². The summed E-state index contributed by atoms with van der Waals surface area (Å²) in [4.78, 5) is 0. The molecule has 4 rings (SSSR count). The summed E-state index contributed by atoms with van der Waals surface area (Å²) >= 11 is 0. The van der Waals surface area contributed by atoms with Crippen LogP contribution in [-0.2, 0) is 17.3 Å². The van der Waals surface area contributed by atoms with Gasteiger partial charge in [-0.2, -0.15) is 5.10 Å². The fourth-order valence-electron chi connectivity index (χ4n) is 4.05. The Morgan fingerprint density at radius 2 is 1.42 bits per heavy atom. The first-order valence-electron chi connectivity index (χ1n) is 10.8. The fraction of sp³-hybridized carbons (Fsp3) is 0.423. The molecule has 2 N–H and O–H groups in total. The highest BCUT2D eigenvalue weighted by atomic mass is 16.5. The van der Waals surface area contributed by atoms with Gasteiger partial charge in [0.05, 0.1) is 19.9 Å². The van der Waals surface area contributed by atoms with Gasteiger partial charge in [0, 0.05) is 23.2 Å². The van der Waals surface area contributed by atoms with Gasteiger partial charge in [-0.3, -0.25) is 5.10 Å². The summed E-state index contributed by atoms with van der Waals surface area (Å²) in [5.74, 6) is 2.41. The number of methoxy groups -OCH3 is 2. The number of ether oxygens (including phenoxy) is 2. The summed E-state index contributed by atoms with van der Waals surface area (Å²) in [6.45, 7) is 13.5. The van der Waals surface area contributed by atoms with Crippen molar-refractivity contribution in [2.24, 2.45) is 0 Å². The van der Waals surface area contributed by atoms with Crippen molar-refractivity contribution in [3.63, 3.8) is 0 Å². The molecule has 0 bridgehead atoms. The molecule has 1 heterocycles. The molecule has 0 aliphatic heterocycles. The van der Waals surface area contributed by atoms with Crippen LogP contribution in [0, 0.1) is 0 Å². The van der Waals surface area contributed by atoms with E-state index in [2.05, 4.69) is 81.3 Å². The molecule has 0 atom stereocenters. The molecule has 0 saturated carbocycles. The second kappa shape index (κ2) is 7.33. The van der Waals surface area contributed by atoms with Crippen LogP contribution in [0.3, 0.4) is 0 Å². The lowest BCUT2D eigenvalue weighted by atomic mass is 9.80. The van der Waals surface area contributed by atoms with Gasteiger partial charge >= 0.3 is 0 Å². The third kappa shape index (κ3) is 3.89. The standard InChI is InChI=1S/C26H33N3O2/c1-25(2,3)16-11-17(26(4,5)6)13-18(12-16)27-24-20-9-15-10-21(30-7)22(31-8)14-19(15)23(20)28-29-24/h10-14H,9H2,1-8H3,(H2,27,28,29). The second-order valence-corrected chi connectivity index (χ2v) is 10.4. The van der Waals surface area contributed by atoms with E-state index in [1.54, 1.807) is 14.2 Å². The van der Waals surface area contributed by atoms with E-state index < -0.39 is 0 Å². The smallest absolute Gasteiger partial charge is 0.161 e. The van der Waals surface area contributed by atoms with E-state index >= 15 is 0 Å². The molecule has 1 aliphatic carbocycles. The lowest BCUT2D eigenvalue weighted by Gasteiger charge is -2.26. The van der Waals surface area contributed by atoms with Gasteiger partial charge in [-0.25, -0.2) is 0 Å². The predicted octanol–water partition coefficient (Wildman–Crippen LogP) is 6.34. The SMILES string of the molecule is COc1cc2c(cc1OC)-c1n[nH]c(Nc3cc(C(C)(C)C)cc(C(C)(C)C)c3)c1C2. The van der Waals surface area contributed by atoms with E-state index in [0.29, 0.717) is 0 Å². The minimum absolute atomic E-state index is 0.0664. The number of nitrogens with one attached hydrogen (secondary N) is 2. The van der Waals surface area contributed by atoms with Gasteiger partial charge in [0.15, 0.2) is 11.5 Å². The highest BCUT2D eigenvalue weighted by Gasteiger charge is 2.28. The van der Waals surface area contributed by atoms with E-state index in [4.69, 9.17) is 9.47 Å². The Balaban J connectivity index is 1.72. The van der Waals surface area contributed by atoms with Gasteiger partial charge in [-0.1, -0.05) is 47.6 Å². The zero-order chi connectivity index (χ0) is 22.6. The Kier molecular flexibility index (Phi) is 5.03. The molecule has 5 nitrogen and oxygen atoms in total. The van der Waals surface area contributed by atoms with Crippen molar-refractivity contribution < 1.29 is 9.47 Å². The van der Waals surface area contributed by atoms with Crippen LogP contribution in [0.2, 0.25) is 0 Å². The molecule has 0 saturated heterocycles. The van der Waals surface area contributed by atoms with Crippen molar-refractivity contribution in [3.8, 4) is 22.8 Å². The average Bonchev–Trinajstić information content (AvgIpc) is 3.24. The molecule has 31 heavy (non-hydrogen) atoms. The van der Waals surface area contributed by atoms with Gasteiger partial charge in [-0.05, 0) is 51.8 Å². The Morgan fingerprint density at radius 1 is 0.839 bits per heavy atom. The van der Waals surface area contributed by atoms with E-state index in [-0.39, 0.29) is 10.8 Å². The number of rotatable bonds is 4. The minimum Gasteiger partial charge on any atom is -0.493 e. The van der Waals surface area contributed by atoms with Crippen molar-refractivity contribution in [2.75, 3.05) is 19.5 Å². The maximum Gasteiger partial charge on any atom is 0.161 e. The maximum atomic E-state index is 5.49. The Hall–Kier alpha value is -2.95. The molecule has 0 unspecified atom stereocenters. The van der Waals surface area contributed by atoms with Crippen molar-refractivity contribution in [2.45, 2.75) is 58.8 Å². The summed E-state index contributed by atoms with van der Waals surface area (Å²) in [7, 11) is 3.33. The molecular weight excluding hydrogens is 386 g/mol. The number of fused-ring (bicyclic) bond motifs is 3. The summed E-state index contributed by atoms with van der Waals surface area (Å²) < 4.78 is 11.0. The molecular formula is C26H33N3O2. The van der Waals surface area contributed by atoms with Crippen molar-refractivity contribution in [1.82, 2.24) is 10.2 Å². The monoisotopic (exact) mass is 419 g/mol. The number of benzene rings is 2. The molecule has 1 aromatic heterocycles. The van der Waals surface area contributed by atoms with Crippen molar-refractivity contribution >= 4 is 11.5 Å². The number of aromatic nitrogens is 2. The molecule has 0 amide bonds. The van der Waals surface area contributed by atoms with Gasteiger partial charge in [-0.15, -0.1) is 0 Å². The first kappa shape index (κ1) is 21.3. The van der Waals surface area contributed by atoms with E-state index in [1.165, 1.54) is 22.3 Å². The van der Waals surface area contributed by atoms with Crippen molar-refractivity contribution in [1.29, 1.82) is 0 Å². The minimum atomic E-state index is 0.0664. The normalized spacial score (nSPS) is 13.0. The van der Waals surface area contributed by atoms with Crippen LogP contribution < -0.4 is 14.8 Å². The van der Waals surface area contributed by atoms with Gasteiger partial charge in [0.1, 0.15) is 5.82 Å². The molecule has 1 aliphatic rings. The molecule has 164 valence electrons. The number of hydrogen-bond acceptors (Lipinski definition) is 4. The van der Waals surface area contributed by atoms with Crippen molar-refractivity contribution in [3.05, 3.63) is 52.6 Å². The van der Waals surface area contributed by atoms with Crippen LogP contribution in [0.4, 0.5) is 11.5 Å². The van der Waals surface area contributed by atoms with Crippen LogP contribution in [0.15, 0.2) is 30.3 Å². The lowest BCUT2D eigenvalue weighted by molar-refractivity contribution is 0.355. The third-order valence-electron chi connectivity index (χ3n) is 6.03. The van der Waals surface area contributed by atoms with Gasteiger partial charge < -0.3 is 14.8 Å². The largest absolute Gasteiger partial charge is 0.493 e. The molecule has 3 aromatic rings. The topological polar surface area (TPSA) is 59.2 Å². The van der Waals surface area contributed by atoms with Crippen LogP contribution >= 0.6 is 0 Å². The van der Waals surface area contributed by atoms with E-state index in [0.717, 1.165) is 40.7 Å². The number of hydrogen-bond donors (Lipinski definition) is 2. The summed E-state index contributed by atoms with van der Waals surface area (Å²) in [5, 5.41) is 11.5. The number of anilines is 2. The number of nitrogens with zero attached hydrogens (tertiary/aromatic N) is 1.